The van der Waals surface area contributed by atoms with Crippen LogP contribution < -0.4 is 0 Å². The van der Waals surface area contributed by atoms with Crippen molar-refractivity contribution in [3.63, 3.8) is 0 Å². The molecule has 6 heteroatoms. The SMILES string of the molecule is CC(C)(C)OC(=O)n1nc(CBr)c2ccncc21. The molecular weight excluding hydrogens is 298 g/mol. The first-order chi connectivity index (χ1) is 8.42. The second kappa shape index (κ2) is 4.68. The van der Waals surface area contributed by atoms with Gasteiger partial charge < -0.3 is 4.74 Å². The highest BCUT2D eigenvalue weighted by atomic mass is 79.9. The first kappa shape index (κ1) is 13.0. The summed E-state index contributed by atoms with van der Waals surface area (Å²) in [5.74, 6) is 0. The van der Waals surface area contributed by atoms with E-state index in [9.17, 15) is 4.79 Å². The van der Waals surface area contributed by atoms with Crippen LogP contribution >= 0.6 is 15.9 Å². The predicted molar refractivity (Wildman–Crippen MR) is 71.8 cm³/mol. The molecule has 0 bridgehead atoms. The number of pyridine rings is 1. The van der Waals surface area contributed by atoms with E-state index >= 15 is 0 Å². The van der Waals surface area contributed by atoms with E-state index in [4.69, 9.17) is 4.74 Å². The van der Waals surface area contributed by atoms with E-state index in [0.29, 0.717) is 10.8 Å². The molecule has 0 aliphatic rings. The minimum Gasteiger partial charge on any atom is -0.442 e. The maximum atomic E-state index is 12.0. The standard InChI is InChI=1S/C12H14BrN3O2/c1-12(2,3)18-11(17)16-10-7-14-5-4-8(10)9(6-13)15-16/h4-5,7H,6H2,1-3H3. The van der Waals surface area contributed by atoms with Gasteiger partial charge in [0.2, 0.25) is 0 Å². The van der Waals surface area contributed by atoms with Crippen LogP contribution in [0, 0.1) is 0 Å². The molecule has 18 heavy (non-hydrogen) atoms. The number of hydrogen-bond acceptors (Lipinski definition) is 4. The number of halogens is 1. The van der Waals surface area contributed by atoms with Crippen LogP contribution in [0.25, 0.3) is 10.9 Å². The Kier molecular flexibility index (Phi) is 3.38. The van der Waals surface area contributed by atoms with Crippen molar-refractivity contribution in [1.29, 1.82) is 0 Å². The lowest BCUT2D eigenvalue weighted by Crippen LogP contribution is -2.27. The van der Waals surface area contributed by atoms with Crippen LogP contribution in [-0.4, -0.2) is 26.5 Å². The Morgan fingerprint density at radius 2 is 2.22 bits per heavy atom. The number of ether oxygens (including phenoxy) is 1. The van der Waals surface area contributed by atoms with Crippen LogP contribution in [0.3, 0.4) is 0 Å². The van der Waals surface area contributed by atoms with Crippen LogP contribution in [0.2, 0.25) is 0 Å². The molecule has 0 aromatic carbocycles. The molecular formula is C12H14BrN3O2. The fourth-order valence-electron chi connectivity index (χ4n) is 1.57. The fourth-order valence-corrected chi connectivity index (χ4v) is 1.98. The molecule has 0 aliphatic carbocycles. The number of carbonyl (C=O) groups is 1. The van der Waals surface area contributed by atoms with Gasteiger partial charge in [0.25, 0.3) is 0 Å². The average molecular weight is 312 g/mol. The fraction of sp³-hybridized carbons (Fsp3) is 0.417. The van der Waals surface area contributed by atoms with E-state index in [-0.39, 0.29) is 0 Å². The van der Waals surface area contributed by atoms with Crippen LogP contribution in [-0.2, 0) is 10.1 Å². The first-order valence-corrected chi connectivity index (χ1v) is 6.65. The highest BCUT2D eigenvalue weighted by molar-refractivity contribution is 9.08. The Labute approximate surface area is 113 Å². The molecule has 0 atom stereocenters. The molecule has 0 fully saturated rings. The summed E-state index contributed by atoms with van der Waals surface area (Å²) in [4.78, 5) is 16.1. The van der Waals surface area contributed by atoms with Gasteiger partial charge in [-0.2, -0.15) is 9.78 Å². The van der Waals surface area contributed by atoms with Crippen molar-refractivity contribution in [2.45, 2.75) is 31.7 Å². The largest absolute Gasteiger partial charge is 0.442 e. The van der Waals surface area contributed by atoms with E-state index in [1.54, 1.807) is 12.4 Å². The minimum atomic E-state index is -0.549. The molecule has 0 spiro atoms. The number of hydrogen-bond donors (Lipinski definition) is 0. The van der Waals surface area contributed by atoms with Gasteiger partial charge >= 0.3 is 6.09 Å². The minimum absolute atomic E-state index is 0.493. The monoisotopic (exact) mass is 311 g/mol. The van der Waals surface area contributed by atoms with E-state index in [2.05, 4.69) is 26.0 Å². The second-order valence-electron chi connectivity index (χ2n) is 4.87. The van der Waals surface area contributed by atoms with Gasteiger partial charge in [-0.15, -0.1) is 0 Å². The molecule has 0 saturated heterocycles. The van der Waals surface area contributed by atoms with Crippen LogP contribution in [0.4, 0.5) is 4.79 Å². The van der Waals surface area contributed by atoms with E-state index in [1.165, 1.54) is 4.68 Å². The first-order valence-electron chi connectivity index (χ1n) is 5.53. The highest BCUT2D eigenvalue weighted by Gasteiger charge is 2.21. The average Bonchev–Trinajstić information content (AvgIpc) is 2.65. The zero-order chi connectivity index (χ0) is 13.3. The summed E-state index contributed by atoms with van der Waals surface area (Å²) in [6, 6.07) is 1.83. The number of fused-ring (bicyclic) bond motifs is 1. The quantitative estimate of drug-likeness (QED) is 0.759. The summed E-state index contributed by atoms with van der Waals surface area (Å²) in [6.45, 7) is 5.46. The van der Waals surface area contributed by atoms with Crippen molar-refractivity contribution >= 4 is 32.9 Å². The molecule has 96 valence electrons. The summed E-state index contributed by atoms with van der Waals surface area (Å²) in [7, 11) is 0. The van der Waals surface area contributed by atoms with Crippen molar-refractivity contribution in [2.75, 3.05) is 0 Å². The van der Waals surface area contributed by atoms with E-state index in [0.717, 1.165) is 11.1 Å². The lowest BCUT2D eigenvalue weighted by Gasteiger charge is -2.19. The maximum absolute atomic E-state index is 12.0. The summed E-state index contributed by atoms with van der Waals surface area (Å²) < 4.78 is 6.56. The second-order valence-corrected chi connectivity index (χ2v) is 5.43. The Balaban J connectivity index is 2.48. The van der Waals surface area contributed by atoms with Gasteiger partial charge in [-0.3, -0.25) is 4.98 Å². The topological polar surface area (TPSA) is 57.0 Å². The Morgan fingerprint density at radius 1 is 1.50 bits per heavy atom. The smallest absolute Gasteiger partial charge is 0.435 e. The molecule has 5 nitrogen and oxygen atoms in total. The predicted octanol–water partition coefficient (Wildman–Crippen LogP) is 3.11. The van der Waals surface area contributed by atoms with Crippen molar-refractivity contribution < 1.29 is 9.53 Å². The Bertz CT molecular complexity index is 587. The van der Waals surface area contributed by atoms with Gasteiger partial charge in [0.05, 0.1) is 17.4 Å². The molecule has 0 amide bonds. The van der Waals surface area contributed by atoms with Crippen molar-refractivity contribution in [3.05, 3.63) is 24.2 Å². The zero-order valence-corrected chi connectivity index (χ0v) is 12.1. The van der Waals surface area contributed by atoms with Crippen molar-refractivity contribution in [2.24, 2.45) is 0 Å². The summed E-state index contributed by atoms with van der Waals surface area (Å²) in [5.41, 5.74) is 0.894. The van der Waals surface area contributed by atoms with Crippen molar-refractivity contribution in [1.82, 2.24) is 14.8 Å². The molecule has 2 rings (SSSR count). The Morgan fingerprint density at radius 3 is 2.83 bits per heavy atom. The summed E-state index contributed by atoms with van der Waals surface area (Å²) in [5, 5.41) is 5.72. The number of nitrogens with zero attached hydrogens (tertiary/aromatic N) is 3. The number of carbonyl (C=O) groups excluding carboxylic acids is 1. The number of rotatable bonds is 1. The lowest BCUT2D eigenvalue weighted by atomic mass is 10.2. The molecule has 0 aliphatic heterocycles. The molecule has 0 unspecified atom stereocenters. The van der Waals surface area contributed by atoms with Gasteiger partial charge in [0.1, 0.15) is 5.60 Å². The molecule has 2 heterocycles. The summed E-state index contributed by atoms with van der Waals surface area (Å²) >= 11 is 3.35. The number of alkyl halides is 1. The van der Waals surface area contributed by atoms with E-state index < -0.39 is 11.7 Å². The van der Waals surface area contributed by atoms with Crippen LogP contribution in [0.15, 0.2) is 18.5 Å². The van der Waals surface area contributed by atoms with Gasteiger partial charge in [0.15, 0.2) is 0 Å². The lowest BCUT2D eigenvalue weighted by molar-refractivity contribution is 0.0522. The highest BCUT2D eigenvalue weighted by Crippen LogP contribution is 2.20. The zero-order valence-electron chi connectivity index (χ0n) is 10.5. The maximum Gasteiger partial charge on any atom is 0.435 e. The van der Waals surface area contributed by atoms with Crippen molar-refractivity contribution in [3.8, 4) is 0 Å². The number of aromatic nitrogens is 3. The van der Waals surface area contributed by atoms with Gasteiger partial charge in [-0.25, -0.2) is 4.79 Å². The third kappa shape index (κ3) is 2.53. The van der Waals surface area contributed by atoms with Gasteiger partial charge in [-0.1, -0.05) is 15.9 Å². The van der Waals surface area contributed by atoms with Gasteiger partial charge in [0, 0.05) is 16.9 Å². The molecule has 0 N–H and O–H groups in total. The molecule has 0 saturated carbocycles. The van der Waals surface area contributed by atoms with E-state index in [1.807, 2.05) is 26.8 Å². The van der Waals surface area contributed by atoms with Crippen LogP contribution in [0.5, 0.6) is 0 Å². The molecule has 2 aromatic heterocycles. The summed E-state index contributed by atoms with van der Waals surface area (Å²) in [6.07, 6.45) is 2.79. The normalized spacial score (nSPS) is 11.8. The third-order valence-electron chi connectivity index (χ3n) is 2.25. The van der Waals surface area contributed by atoms with Crippen LogP contribution in [0.1, 0.15) is 26.5 Å². The Hall–Kier alpha value is -1.43. The third-order valence-corrected chi connectivity index (χ3v) is 2.78. The molecule has 0 radical (unpaired) electrons. The molecule has 2 aromatic rings. The van der Waals surface area contributed by atoms with Gasteiger partial charge in [-0.05, 0) is 26.8 Å².